The Morgan fingerprint density at radius 1 is 1.15 bits per heavy atom. The van der Waals surface area contributed by atoms with Crippen LogP contribution in [-0.2, 0) is 12.6 Å². The zero-order valence-corrected chi connectivity index (χ0v) is 11.7. The van der Waals surface area contributed by atoms with E-state index in [0.717, 1.165) is 17.0 Å². The average molecular weight is 324 g/mol. The van der Waals surface area contributed by atoms with E-state index in [9.17, 15) is 17.6 Å². The molecule has 0 saturated heterocycles. The van der Waals surface area contributed by atoms with Crippen molar-refractivity contribution >= 4 is 28.6 Å². The SMILES string of the molecule is Fc1cc(C(F)(F)F)ccc1NCCc1ccc(Cl)s1. The van der Waals surface area contributed by atoms with Crippen LogP contribution in [0.15, 0.2) is 30.3 Å². The van der Waals surface area contributed by atoms with Gasteiger partial charge >= 0.3 is 6.18 Å². The first kappa shape index (κ1) is 15.1. The molecule has 0 aliphatic heterocycles. The predicted octanol–water partition coefficient (Wildman–Crippen LogP) is 5.21. The van der Waals surface area contributed by atoms with Crippen LogP contribution in [0.3, 0.4) is 0 Å². The van der Waals surface area contributed by atoms with Crippen molar-refractivity contribution in [1.29, 1.82) is 0 Å². The molecule has 1 nitrogen and oxygen atoms in total. The van der Waals surface area contributed by atoms with E-state index >= 15 is 0 Å². The average Bonchev–Trinajstić information content (AvgIpc) is 2.76. The molecule has 1 heterocycles. The molecule has 0 spiro atoms. The van der Waals surface area contributed by atoms with Gasteiger partial charge in [0.25, 0.3) is 0 Å². The molecule has 0 aliphatic carbocycles. The van der Waals surface area contributed by atoms with Gasteiger partial charge in [0.05, 0.1) is 15.6 Å². The number of nitrogens with one attached hydrogen (secondary N) is 1. The topological polar surface area (TPSA) is 12.0 Å². The molecule has 7 heteroatoms. The van der Waals surface area contributed by atoms with E-state index in [2.05, 4.69) is 5.32 Å². The normalized spacial score (nSPS) is 11.7. The summed E-state index contributed by atoms with van der Waals surface area (Å²) in [7, 11) is 0. The Balaban J connectivity index is 1.96. The number of rotatable bonds is 4. The molecule has 0 fully saturated rings. The number of alkyl halides is 3. The maximum Gasteiger partial charge on any atom is 0.416 e. The molecular weight excluding hydrogens is 314 g/mol. The standard InChI is InChI=1S/C13H10ClF4NS/c14-12-4-2-9(20-12)5-6-19-11-3-1-8(7-10(11)15)13(16,17)18/h1-4,7,19H,5-6H2. The molecule has 108 valence electrons. The second kappa shape index (κ2) is 6.01. The van der Waals surface area contributed by atoms with Crippen LogP contribution in [-0.4, -0.2) is 6.54 Å². The molecule has 0 unspecified atom stereocenters. The number of halogens is 5. The number of anilines is 1. The molecule has 1 N–H and O–H groups in total. The number of thiophene rings is 1. The van der Waals surface area contributed by atoms with Gasteiger partial charge in [-0.1, -0.05) is 11.6 Å². The lowest BCUT2D eigenvalue weighted by molar-refractivity contribution is -0.137. The molecule has 2 rings (SSSR count). The minimum atomic E-state index is -4.53. The molecule has 0 atom stereocenters. The molecule has 1 aromatic heterocycles. The molecular formula is C13H10ClF4NS. The third-order valence-electron chi connectivity index (χ3n) is 2.61. The van der Waals surface area contributed by atoms with E-state index in [-0.39, 0.29) is 5.69 Å². The number of hydrogen-bond acceptors (Lipinski definition) is 2. The van der Waals surface area contributed by atoms with Gasteiger partial charge in [-0.05, 0) is 36.8 Å². The van der Waals surface area contributed by atoms with Crippen molar-refractivity contribution in [3.63, 3.8) is 0 Å². The fourth-order valence-electron chi connectivity index (χ4n) is 1.64. The van der Waals surface area contributed by atoms with Crippen molar-refractivity contribution in [3.8, 4) is 0 Å². The van der Waals surface area contributed by atoms with Crippen LogP contribution in [0, 0.1) is 5.82 Å². The summed E-state index contributed by atoms with van der Waals surface area (Å²) in [4.78, 5) is 1.02. The smallest absolute Gasteiger partial charge is 0.382 e. The Hall–Kier alpha value is -1.27. The second-order valence-corrected chi connectivity index (χ2v) is 5.87. The number of benzene rings is 1. The van der Waals surface area contributed by atoms with E-state index in [0.29, 0.717) is 23.4 Å². The minimum absolute atomic E-state index is 0.0562. The Labute approximate surface area is 122 Å². The summed E-state index contributed by atoms with van der Waals surface area (Å²) >= 11 is 7.19. The van der Waals surface area contributed by atoms with Crippen LogP contribution in [0.5, 0.6) is 0 Å². The van der Waals surface area contributed by atoms with Crippen LogP contribution in [0.4, 0.5) is 23.2 Å². The highest BCUT2D eigenvalue weighted by Crippen LogP contribution is 2.31. The van der Waals surface area contributed by atoms with Crippen molar-refractivity contribution in [2.45, 2.75) is 12.6 Å². The summed E-state index contributed by atoms with van der Waals surface area (Å²) in [6.45, 7) is 0.416. The maximum absolute atomic E-state index is 13.5. The van der Waals surface area contributed by atoms with Gasteiger partial charge < -0.3 is 5.32 Å². The van der Waals surface area contributed by atoms with Gasteiger partial charge in [-0.3, -0.25) is 0 Å². The molecule has 0 bridgehead atoms. The van der Waals surface area contributed by atoms with E-state index in [1.54, 1.807) is 6.07 Å². The first-order valence-corrected chi connectivity index (χ1v) is 6.90. The highest BCUT2D eigenvalue weighted by Gasteiger charge is 2.31. The van der Waals surface area contributed by atoms with Crippen molar-refractivity contribution in [1.82, 2.24) is 0 Å². The predicted molar refractivity (Wildman–Crippen MR) is 72.9 cm³/mol. The third-order valence-corrected chi connectivity index (χ3v) is 3.90. The monoisotopic (exact) mass is 323 g/mol. The lowest BCUT2D eigenvalue weighted by Gasteiger charge is -2.10. The van der Waals surface area contributed by atoms with Crippen LogP contribution in [0.1, 0.15) is 10.4 Å². The highest BCUT2D eigenvalue weighted by molar-refractivity contribution is 7.16. The largest absolute Gasteiger partial charge is 0.416 e. The fraction of sp³-hybridized carbons (Fsp3) is 0.231. The van der Waals surface area contributed by atoms with Crippen LogP contribution in [0.25, 0.3) is 0 Å². The zero-order chi connectivity index (χ0) is 14.8. The molecule has 2 aromatic rings. The lowest BCUT2D eigenvalue weighted by Crippen LogP contribution is -2.09. The van der Waals surface area contributed by atoms with Gasteiger partial charge in [0.1, 0.15) is 5.82 Å². The van der Waals surface area contributed by atoms with Crippen molar-refractivity contribution in [2.75, 3.05) is 11.9 Å². The summed E-state index contributed by atoms with van der Waals surface area (Å²) in [6, 6.07) is 6.06. The molecule has 20 heavy (non-hydrogen) atoms. The number of hydrogen-bond donors (Lipinski definition) is 1. The van der Waals surface area contributed by atoms with Gasteiger partial charge in [-0.25, -0.2) is 4.39 Å². The highest BCUT2D eigenvalue weighted by atomic mass is 35.5. The summed E-state index contributed by atoms with van der Waals surface area (Å²) in [6.07, 6.45) is -3.91. The summed E-state index contributed by atoms with van der Waals surface area (Å²) < 4.78 is 51.3. The molecule has 0 saturated carbocycles. The first-order valence-electron chi connectivity index (χ1n) is 5.71. The van der Waals surface area contributed by atoms with Crippen molar-refractivity contribution in [2.24, 2.45) is 0 Å². The zero-order valence-electron chi connectivity index (χ0n) is 10.1. The van der Waals surface area contributed by atoms with Crippen molar-refractivity contribution in [3.05, 3.63) is 50.9 Å². The van der Waals surface area contributed by atoms with Crippen LogP contribution < -0.4 is 5.32 Å². The molecule has 0 radical (unpaired) electrons. The van der Waals surface area contributed by atoms with Gasteiger partial charge in [-0.15, -0.1) is 11.3 Å². The Kier molecular flexibility index (Phi) is 4.55. The van der Waals surface area contributed by atoms with E-state index < -0.39 is 17.6 Å². The minimum Gasteiger partial charge on any atom is -0.382 e. The van der Waals surface area contributed by atoms with Crippen molar-refractivity contribution < 1.29 is 17.6 Å². The van der Waals surface area contributed by atoms with Gasteiger partial charge in [0.15, 0.2) is 0 Å². The fourth-order valence-corrected chi connectivity index (χ4v) is 2.73. The van der Waals surface area contributed by atoms with Gasteiger partial charge in [-0.2, -0.15) is 13.2 Å². The van der Waals surface area contributed by atoms with Crippen LogP contribution in [0.2, 0.25) is 4.34 Å². The molecule has 0 aliphatic rings. The Morgan fingerprint density at radius 2 is 1.90 bits per heavy atom. The summed E-state index contributed by atoms with van der Waals surface area (Å²) in [5.74, 6) is -0.913. The second-order valence-electron chi connectivity index (χ2n) is 4.07. The molecule has 0 amide bonds. The van der Waals surface area contributed by atoms with E-state index in [4.69, 9.17) is 11.6 Å². The van der Waals surface area contributed by atoms with Gasteiger partial charge in [0.2, 0.25) is 0 Å². The summed E-state index contributed by atoms with van der Waals surface area (Å²) in [5, 5.41) is 2.77. The lowest BCUT2D eigenvalue weighted by atomic mass is 10.2. The first-order chi connectivity index (χ1) is 9.36. The molecule has 1 aromatic carbocycles. The van der Waals surface area contributed by atoms with Gasteiger partial charge in [0, 0.05) is 11.4 Å². The summed E-state index contributed by atoms with van der Waals surface area (Å²) in [5.41, 5.74) is -0.939. The quantitative estimate of drug-likeness (QED) is 0.761. The Bertz CT molecular complexity index is 594. The Morgan fingerprint density at radius 3 is 2.45 bits per heavy atom. The van der Waals surface area contributed by atoms with E-state index in [1.807, 2.05) is 6.07 Å². The van der Waals surface area contributed by atoms with E-state index in [1.165, 1.54) is 11.3 Å². The van der Waals surface area contributed by atoms with Crippen LogP contribution >= 0.6 is 22.9 Å². The maximum atomic E-state index is 13.5. The third kappa shape index (κ3) is 3.86.